The molecule has 0 saturated heterocycles. The number of rotatable bonds is 10. The monoisotopic (exact) mass is 533 g/mol. The van der Waals surface area contributed by atoms with Crippen molar-refractivity contribution in [2.45, 2.75) is 33.0 Å². The highest BCUT2D eigenvalue weighted by atomic mass is 35.5. The van der Waals surface area contributed by atoms with Crippen LogP contribution < -0.4 is 10.2 Å². The van der Waals surface area contributed by atoms with Gasteiger partial charge in [-0.1, -0.05) is 86.1 Å². The number of carboxylic acid groups (broad SMARTS) is 1. The summed E-state index contributed by atoms with van der Waals surface area (Å²) in [5.41, 5.74) is 4.29. The zero-order valence-electron chi connectivity index (χ0n) is 20.6. The minimum atomic E-state index is -1.05. The lowest BCUT2D eigenvalue weighted by molar-refractivity contribution is -0.140. The Morgan fingerprint density at radius 3 is 2.19 bits per heavy atom. The second-order valence-corrected chi connectivity index (χ2v) is 10.3. The van der Waals surface area contributed by atoms with Gasteiger partial charge in [0.15, 0.2) is 5.13 Å². The van der Waals surface area contributed by atoms with Crippen molar-refractivity contribution in [3.8, 4) is 11.3 Å². The summed E-state index contributed by atoms with van der Waals surface area (Å²) in [6, 6.07) is 24.1. The fraction of sp³-hybridized carbons (Fsp3) is 0.207. The molecule has 1 unspecified atom stereocenters. The number of hydrogen-bond donors (Lipinski definition) is 2. The smallest absolute Gasteiger partial charge is 0.326 e. The normalized spacial score (nSPS) is 11.8. The second kappa shape index (κ2) is 12.0. The van der Waals surface area contributed by atoms with Crippen LogP contribution in [-0.4, -0.2) is 28.0 Å². The van der Waals surface area contributed by atoms with Crippen LogP contribution in [0.1, 0.15) is 35.3 Å². The molecule has 0 spiro atoms. The third-order valence-electron chi connectivity index (χ3n) is 5.94. The van der Waals surface area contributed by atoms with Crippen LogP contribution in [0.2, 0.25) is 5.02 Å². The molecule has 0 aliphatic heterocycles. The fourth-order valence-electron chi connectivity index (χ4n) is 3.92. The SMILES string of the molecule is CC(C)C(NC(=O)c1ccc(CN(Cc2ccccc2)c2nc(-c3ccccc3Cl)cs2)cc1)C(=O)O. The van der Waals surface area contributed by atoms with E-state index in [4.69, 9.17) is 16.6 Å². The highest BCUT2D eigenvalue weighted by Crippen LogP contribution is 2.33. The third kappa shape index (κ3) is 6.76. The lowest BCUT2D eigenvalue weighted by atomic mass is 10.0. The number of carbonyl (C=O) groups is 2. The van der Waals surface area contributed by atoms with E-state index < -0.39 is 17.9 Å². The van der Waals surface area contributed by atoms with E-state index >= 15 is 0 Å². The van der Waals surface area contributed by atoms with Gasteiger partial charge >= 0.3 is 5.97 Å². The molecule has 0 fully saturated rings. The predicted molar refractivity (Wildman–Crippen MR) is 149 cm³/mol. The highest BCUT2D eigenvalue weighted by Gasteiger charge is 2.24. The molecule has 4 rings (SSSR count). The second-order valence-electron chi connectivity index (χ2n) is 9.07. The van der Waals surface area contributed by atoms with Gasteiger partial charge in [0.05, 0.1) is 5.69 Å². The van der Waals surface area contributed by atoms with E-state index in [1.807, 2.05) is 60.0 Å². The van der Waals surface area contributed by atoms with Crippen LogP contribution >= 0.6 is 22.9 Å². The first-order valence-electron chi connectivity index (χ1n) is 11.9. The Morgan fingerprint density at radius 2 is 1.57 bits per heavy atom. The van der Waals surface area contributed by atoms with E-state index in [1.165, 1.54) is 0 Å². The third-order valence-corrected chi connectivity index (χ3v) is 7.17. The summed E-state index contributed by atoms with van der Waals surface area (Å²) in [5.74, 6) is -1.67. The van der Waals surface area contributed by atoms with Gasteiger partial charge in [-0.2, -0.15) is 0 Å². The molecule has 0 saturated carbocycles. The maximum absolute atomic E-state index is 12.6. The van der Waals surface area contributed by atoms with Crippen molar-refractivity contribution in [1.82, 2.24) is 10.3 Å². The van der Waals surface area contributed by atoms with Gasteiger partial charge in [0.1, 0.15) is 6.04 Å². The molecule has 0 radical (unpaired) electrons. The van der Waals surface area contributed by atoms with Crippen LogP contribution in [-0.2, 0) is 17.9 Å². The molecule has 1 heterocycles. The van der Waals surface area contributed by atoms with Crippen molar-refractivity contribution in [2.75, 3.05) is 4.90 Å². The van der Waals surface area contributed by atoms with Gasteiger partial charge in [-0.25, -0.2) is 9.78 Å². The Kier molecular flexibility index (Phi) is 8.58. The number of amides is 1. The number of thiazole rings is 1. The van der Waals surface area contributed by atoms with E-state index in [1.54, 1.807) is 37.3 Å². The van der Waals surface area contributed by atoms with Gasteiger partial charge < -0.3 is 15.3 Å². The topological polar surface area (TPSA) is 82.5 Å². The number of carbonyl (C=O) groups excluding carboxylic acids is 1. The van der Waals surface area contributed by atoms with Gasteiger partial charge in [0.25, 0.3) is 5.91 Å². The summed E-state index contributed by atoms with van der Waals surface area (Å²) >= 11 is 7.96. The van der Waals surface area contributed by atoms with E-state index in [2.05, 4.69) is 22.3 Å². The Hall–Kier alpha value is -3.68. The molecule has 4 aromatic rings. The minimum absolute atomic E-state index is 0.221. The average molecular weight is 534 g/mol. The number of nitrogens with one attached hydrogen (secondary N) is 1. The molecule has 1 amide bonds. The Morgan fingerprint density at radius 1 is 0.946 bits per heavy atom. The van der Waals surface area contributed by atoms with Crippen LogP contribution in [0.25, 0.3) is 11.3 Å². The molecule has 3 aromatic carbocycles. The Labute approximate surface area is 225 Å². The van der Waals surface area contributed by atoms with Crippen molar-refractivity contribution >= 4 is 39.9 Å². The maximum atomic E-state index is 12.6. The molecular weight excluding hydrogens is 506 g/mol. The zero-order valence-corrected chi connectivity index (χ0v) is 22.2. The molecule has 0 aliphatic carbocycles. The van der Waals surface area contributed by atoms with Crippen LogP contribution in [0, 0.1) is 5.92 Å². The van der Waals surface area contributed by atoms with Crippen molar-refractivity contribution < 1.29 is 14.7 Å². The summed E-state index contributed by atoms with van der Waals surface area (Å²) in [7, 11) is 0. The number of anilines is 1. The van der Waals surface area contributed by atoms with E-state index in [0.29, 0.717) is 23.7 Å². The van der Waals surface area contributed by atoms with Gasteiger partial charge in [0, 0.05) is 34.6 Å². The standard InChI is InChI=1S/C29H28ClN3O3S/c1-19(2)26(28(35)36)32-27(34)22-14-12-21(13-15-22)17-33(16-20-8-4-3-5-9-20)29-31-25(18-37-29)23-10-6-7-11-24(23)30/h3-15,18-19,26H,16-17H2,1-2H3,(H,32,34)(H,35,36). The molecule has 1 aromatic heterocycles. The number of halogens is 1. The summed E-state index contributed by atoms with van der Waals surface area (Å²) < 4.78 is 0. The number of benzene rings is 3. The van der Waals surface area contributed by atoms with Crippen LogP contribution in [0.4, 0.5) is 5.13 Å². The summed E-state index contributed by atoms with van der Waals surface area (Å²) in [6.07, 6.45) is 0. The molecule has 190 valence electrons. The lowest BCUT2D eigenvalue weighted by Gasteiger charge is -2.22. The number of hydrogen-bond acceptors (Lipinski definition) is 5. The molecular formula is C29H28ClN3O3S. The average Bonchev–Trinajstić information content (AvgIpc) is 3.38. The quantitative estimate of drug-likeness (QED) is 0.243. The van der Waals surface area contributed by atoms with E-state index in [0.717, 1.165) is 27.5 Å². The van der Waals surface area contributed by atoms with Crippen molar-refractivity contribution in [2.24, 2.45) is 5.92 Å². The fourth-order valence-corrected chi connectivity index (χ4v) is 4.98. The first kappa shape index (κ1) is 26.4. The van der Waals surface area contributed by atoms with Gasteiger partial charge in [0.2, 0.25) is 0 Å². The largest absolute Gasteiger partial charge is 0.480 e. The maximum Gasteiger partial charge on any atom is 0.326 e. The van der Waals surface area contributed by atoms with Crippen molar-refractivity contribution in [3.63, 3.8) is 0 Å². The number of carboxylic acids is 1. The predicted octanol–water partition coefficient (Wildman–Crippen LogP) is 6.51. The van der Waals surface area contributed by atoms with Crippen molar-refractivity contribution in [1.29, 1.82) is 0 Å². The summed E-state index contributed by atoms with van der Waals surface area (Å²) in [4.78, 5) is 31.1. The molecule has 6 nitrogen and oxygen atoms in total. The molecule has 2 N–H and O–H groups in total. The van der Waals surface area contributed by atoms with Crippen LogP contribution in [0.3, 0.4) is 0 Å². The minimum Gasteiger partial charge on any atom is -0.480 e. The van der Waals surface area contributed by atoms with Crippen LogP contribution in [0.5, 0.6) is 0 Å². The summed E-state index contributed by atoms with van der Waals surface area (Å²) in [6.45, 7) is 4.77. The summed E-state index contributed by atoms with van der Waals surface area (Å²) in [5, 5.41) is 15.5. The van der Waals surface area contributed by atoms with Gasteiger partial charge in [-0.05, 0) is 35.2 Å². The highest BCUT2D eigenvalue weighted by molar-refractivity contribution is 7.14. The number of nitrogens with zero attached hydrogens (tertiary/aromatic N) is 2. The number of aromatic nitrogens is 1. The molecule has 1 atom stereocenters. The number of aliphatic carboxylic acids is 1. The van der Waals surface area contributed by atoms with Crippen LogP contribution in [0.15, 0.2) is 84.2 Å². The Balaban J connectivity index is 1.55. The molecule has 8 heteroatoms. The van der Waals surface area contributed by atoms with E-state index in [-0.39, 0.29) is 5.92 Å². The molecule has 0 bridgehead atoms. The Bertz CT molecular complexity index is 1360. The zero-order chi connectivity index (χ0) is 26.4. The van der Waals surface area contributed by atoms with Crippen molar-refractivity contribution in [3.05, 3.63) is 106 Å². The first-order chi connectivity index (χ1) is 17.8. The first-order valence-corrected chi connectivity index (χ1v) is 13.2. The van der Waals surface area contributed by atoms with Gasteiger partial charge in [-0.3, -0.25) is 4.79 Å². The molecule has 0 aliphatic rings. The lowest BCUT2D eigenvalue weighted by Crippen LogP contribution is -2.44. The van der Waals surface area contributed by atoms with E-state index in [9.17, 15) is 14.7 Å². The van der Waals surface area contributed by atoms with Gasteiger partial charge in [-0.15, -0.1) is 11.3 Å². The molecule has 37 heavy (non-hydrogen) atoms.